The van der Waals surface area contributed by atoms with Gasteiger partial charge in [0.25, 0.3) is 0 Å². The van der Waals surface area contributed by atoms with E-state index in [2.05, 4.69) is 26.1 Å². The Balaban J connectivity index is 2.23. The molecule has 1 fully saturated rings. The highest BCUT2D eigenvalue weighted by Gasteiger charge is 2.50. The van der Waals surface area contributed by atoms with Crippen LogP contribution < -0.4 is 10.1 Å². The van der Waals surface area contributed by atoms with Crippen LogP contribution in [0.4, 0.5) is 4.39 Å². The van der Waals surface area contributed by atoms with E-state index in [1.807, 2.05) is 12.1 Å². The highest BCUT2D eigenvalue weighted by Crippen LogP contribution is 2.58. The molecule has 19 heavy (non-hydrogen) atoms. The van der Waals surface area contributed by atoms with E-state index in [-0.39, 0.29) is 11.9 Å². The van der Waals surface area contributed by atoms with Crippen LogP contribution in [-0.2, 0) is 0 Å². The number of methoxy groups -OCH3 is 1. The first-order chi connectivity index (χ1) is 8.99. The summed E-state index contributed by atoms with van der Waals surface area (Å²) in [5, 5.41) is 3.50. The van der Waals surface area contributed by atoms with Crippen LogP contribution in [0, 0.1) is 17.2 Å². The zero-order valence-electron chi connectivity index (χ0n) is 12.3. The van der Waals surface area contributed by atoms with Gasteiger partial charge in [-0.05, 0) is 36.8 Å². The molecule has 2 rings (SSSR count). The average Bonchev–Trinajstić information content (AvgIpc) is 3.00. The minimum absolute atomic E-state index is 0.112. The van der Waals surface area contributed by atoms with Crippen LogP contribution in [0.5, 0.6) is 5.75 Å². The molecule has 3 heteroatoms. The van der Waals surface area contributed by atoms with Gasteiger partial charge in [-0.1, -0.05) is 26.8 Å². The Labute approximate surface area is 115 Å². The Hall–Kier alpha value is -1.09. The predicted molar refractivity (Wildman–Crippen MR) is 75.9 cm³/mol. The second-order valence-corrected chi connectivity index (χ2v) is 6.12. The van der Waals surface area contributed by atoms with Gasteiger partial charge in [0, 0.05) is 17.7 Å². The summed E-state index contributed by atoms with van der Waals surface area (Å²) in [7, 11) is 1.56. The Bertz CT molecular complexity index is 444. The maximum Gasteiger partial charge on any atom is 0.131 e. The van der Waals surface area contributed by atoms with Crippen molar-refractivity contribution in [1.29, 1.82) is 0 Å². The highest BCUT2D eigenvalue weighted by molar-refractivity contribution is 5.32. The molecule has 2 atom stereocenters. The normalized spacial score (nSPS) is 22.1. The Kier molecular flexibility index (Phi) is 4.14. The van der Waals surface area contributed by atoms with Gasteiger partial charge in [-0.25, -0.2) is 4.39 Å². The quantitative estimate of drug-likeness (QED) is 0.841. The standard InChI is InChI=1S/C16H24FNO/c1-5-8-18-15(13-10-16(13,2)3)12-7-6-11(19-4)9-14(12)17/h6-7,9,13,15,18H,5,8,10H2,1-4H3. The lowest BCUT2D eigenvalue weighted by Crippen LogP contribution is -2.26. The van der Waals surface area contributed by atoms with Crippen LogP contribution in [0.15, 0.2) is 18.2 Å². The van der Waals surface area contributed by atoms with Crippen molar-refractivity contribution in [3.63, 3.8) is 0 Å². The number of benzene rings is 1. The molecule has 0 saturated heterocycles. The molecule has 1 saturated carbocycles. The lowest BCUT2D eigenvalue weighted by Gasteiger charge is -2.21. The molecule has 1 aromatic rings. The number of halogens is 1. The molecular formula is C16H24FNO. The van der Waals surface area contributed by atoms with E-state index < -0.39 is 0 Å². The third-order valence-electron chi connectivity index (χ3n) is 4.15. The zero-order chi connectivity index (χ0) is 14.0. The minimum Gasteiger partial charge on any atom is -0.497 e. The van der Waals surface area contributed by atoms with E-state index in [1.165, 1.54) is 6.07 Å². The first kappa shape index (κ1) is 14.3. The number of ether oxygens (including phenoxy) is 1. The maximum atomic E-state index is 14.2. The van der Waals surface area contributed by atoms with E-state index in [9.17, 15) is 4.39 Å². The van der Waals surface area contributed by atoms with Gasteiger partial charge in [0.1, 0.15) is 11.6 Å². The van der Waals surface area contributed by atoms with Crippen molar-refractivity contribution in [3.8, 4) is 5.75 Å². The van der Waals surface area contributed by atoms with Crippen molar-refractivity contribution in [2.45, 2.75) is 39.7 Å². The Morgan fingerprint density at radius 1 is 1.47 bits per heavy atom. The number of rotatable bonds is 6. The van der Waals surface area contributed by atoms with Gasteiger partial charge < -0.3 is 10.1 Å². The van der Waals surface area contributed by atoms with Crippen molar-refractivity contribution in [2.24, 2.45) is 11.3 Å². The van der Waals surface area contributed by atoms with Crippen LogP contribution >= 0.6 is 0 Å². The molecule has 0 bridgehead atoms. The van der Waals surface area contributed by atoms with Crippen molar-refractivity contribution >= 4 is 0 Å². The molecule has 0 spiro atoms. The fourth-order valence-electron chi connectivity index (χ4n) is 2.73. The van der Waals surface area contributed by atoms with Gasteiger partial charge in [-0.15, -0.1) is 0 Å². The van der Waals surface area contributed by atoms with Crippen LogP contribution in [0.25, 0.3) is 0 Å². The van der Waals surface area contributed by atoms with Gasteiger partial charge in [-0.2, -0.15) is 0 Å². The fourth-order valence-corrected chi connectivity index (χ4v) is 2.73. The summed E-state index contributed by atoms with van der Waals surface area (Å²) in [6.07, 6.45) is 2.21. The van der Waals surface area contributed by atoms with E-state index >= 15 is 0 Å². The molecule has 1 N–H and O–H groups in total. The van der Waals surface area contributed by atoms with Crippen LogP contribution in [0.3, 0.4) is 0 Å². The number of hydrogen-bond acceptors (Lipinski definition) is 2. The first-order valence-corrected chi connectivity index (χ1v) is 7.06. The second-order valence-electron chi connectivity index (χ2n) is 6.12. The fraction of sp³-hybridized carbons (Fsp3) is 0.625. The molecule has 0 radical (unpaired) electrons. The minimum atomic E-state index is -0.171. The molecule has 0 amide bonds. The monoisotopic (exact) mass is 265 g/mol. The third kappa shape index (κ3) is 3.08. The topological polar surface area (TPSA) is 21.3 Å². The summed E-state index contributed by atoms with van der Waals surface area (Å²) in [5.41, 5.74) is 1.09. The van der Waals surface area contributed by atoms with E-state index in [4.69, 9.17) is 4.74 Å². The van der Waals surface area contributed by atoms with Gasteiger partial charge in [0.15, 0.2) is 0 Å². The van der Waals surface area contributed by atoms with Gasteiger partial charge in [0.05, 0.1) is 7.11 Å². The highest BCUT2D eigenvalue weighted by atomic mass is 19.1. The molecule has 106 valence electrons. The molecular weight excluding hydrogens is 241 g/mol. The lowest BCUT2D eigenvalue weighted by atomic mass is 9.96. The summed E-state index contributed by atoms with van der Waals surface area (Å²) in [5.74, 6) is 0.920. The van der Waals surface area contributed by atoms with E-state index in [1.54, 1.807) is 7.11 Å². The molecule has 1 aliphatic rings. The van der Waals surface area contributed by atoms with Crippen molar-refractivity contribution < 1.29 is 9.13 Å². The smallest absolute Gasteiger partial charge is 0.131 e. The van der Waals surface area contributed by atoms with E-state index in [0.717, 1.165) is 24.9 Å². The average molecular weight is 265 g/mol. The van der Waals surface area contributed by atoms with Crippen LogP contribution in [-0.4, -0.2) is 13.7 Å². The van der Waals surface area contributed by atoms with Gasteiger partial charge >= 0.3 is 0 Å². The molecule has 1 aliphatic carbocycles. The van der Waals surface area contributed by atoms with Crippen molar-refractivity contribution in [2.75, 3.05) is 13.7 Å². The lowest BCUT2D eigenvalue weighted by molar-refractivity contribution is 0.393. The summed E-state index contributed by atoms with van der Waals surface area (Å²) in [6, 6.07) is 5.29. The van der Waals surface area contributed by atoms with Crippen molar-refractivity contribution in [1.82, 2.24) is 5.32 Å². The predicted octanol–water partition coefficient (Wildman–Crippen LogP) is 3.92. The summed E-state index contributed by atoms with van der Waals surface area (Å²) >= 11 is 0. The second kappa shape index (κ2) is 5.49. The number of hydrogen-bond donors (Lipinski definition) is 1. The SMILES string of the molecule is CCCNC(c1ccc(OC)cc1F)C1CC1(C)C. The van der Waals surface area contributed by atoms with Gasteiger partial charge in [0.2, 0.25) is 0 Å². The molecule has 2 unspecified atom stereocenters. The zero-order valence-corrected chi connectivity index (χ0v) is 12.3. The first-order valence-electron chi connectivity index (χ1n) is 7.06. The van der Waals surface area contributed by atoms with Crippen LogP contribution in [0.1, 0.15) is 45.2 Å². The molecule has 0 heterocycles. The maximum absolute atomic E-state index is 14.2. The summed E-state index contributed by atoms with van der Waals surface area (Å²) in [4.78, 5) is 0. The van der Waals surface area contributed by atoms with Crippen molar-refractivity contribution in [3.05, 3.63) is 29.6 Å². The Morgan fingerprint density at radius 3 is 2.63 bits per heavy atom. The van der Waals surface area contributed by atoms with Gasteiger partial charge in [-0.3, -0.25) is 0 Å². The third-order valence-corrected chi connectivity index (χ3v) is 4.15. The number of nitrogens with one attached hydrogen (secondary N) is 1. The molecule has 2 nitrogen and oxygen atoms in total. The molecule has 1 aromatic carbocycles. The van der Waals surface area contributed by atoms with Crippen LogP contribution in [0.2, 0.25) is 0 Å². The van der Waals surface area contributed by atoms with E-state index in [0.29, 0.717) is 17.1 Å². The molecule has 0 aromatic heterocycles. The Morgan fingerprint density at radius 2 is 2.16 bits per heavy atom. The molecule has 0 aliphatic heterocycles. The summed E-state index contributed by atoms with van der Waals surface area (Å²) in [6.45, 7) is 7.55. The largest absolute Gasteiger partial charge is 0.497 e. The summed E-state index contributed by atoms with van der Waals surface area (Å²) < 4.78 is 19.3.